The summed E-state index contributed by atoms with van der Waals surface area (Å²) in [5.41, 5.74) is 1.69. The summed E-state index contributed by atoms with van der Waals surface area (Å²) in [6, 6.07) is 10.2. The number of carbonyl (C=O) groups excluding carboxylic acids is 1. The Balaban J connectivity index is 1.50. The first-order valence-electron chi connectivity index (χ1n) is 9.49. The lowest BCUT2D eigenvalue weighted by Gasteiger charge is -2.23. The number of anilines is 1. The van der Waals surface area contributed by atoms with Crippen LogP contribution < -0.4 is 4.90 Å². The molecule has 5 nitrogen and oxygen atoms in total. The van der Waals surface area contributed by atoms with Gasteiger partial charge in [0.15, 0.2) is 0 Å². The molecule has 1 amide bonds. The molecule has 0 aliphatic carbocycles. The normalized spacial score (nSPS) is 15.6. The van der Waals surface area contributed by atoms with E-state index >= 15 is 0 Å². The smallest absolute Gasteiger partial charge is 0.358 e. The van der Waals surface area contributed by atoms with Crippen LogP contribution in [-0.4, -0.2) is 47.0 Å². The summed E-state index contributed by atoms with van der Waals surface area (Å²) in [6.07, 6.45) is -2.82. The van der Waals surface area contributed by atoms with Crippen LogP contribution in [0.4, 0.5) is 19.0 Å². The number of rotatable bonds is 2. The summed E-state index contributed by atoms with van der Waals surface area (Å²) in [4.78, 5) is 24.2. The molecule has 1 N–H and O–H groups in total. The number of fused-ring (bicyclic) bond motifs is 1. The van der Waals surface area contributed by atoms with E-state index in [4.69, 9.17) is 0 Å². The maximum atomic E-state index is 13.2. The van der Waals surface area contributed by atoms with E-state index in [1.807, 2.05) is 41.0 Å². The highest BCUT2D eigenvalue weighted by Gasteiger charge is 2.31. The number of alkyl halides is 3. The number of amides is 1. The van der Waals surface area contributed by atoms with E-state index in [2.05, 4.69) is 9.97 Å². The number of aryl methyl sites for hydroxylation is 1. The van der Waals surface area contributed by atoms with Crippen molar-refractivity contribution in [2.24, 2.45) is 0 Å². The van der Waals surface area contributed by atoms with Gasteiger partial charge >= 0.3 is 6.18 Å². The molecule has 0 atom stereocenters. The molecule has 1 fully saturated rings. The van der Waals surface area contributed by atoms with E-state index in [-0.39, 0.29) is 5.91 Å². The van der Waals surface area contributed by atoms with Gasteiger partial charge in [0, 0.05) is 49.0 Å². The van der Waals surface area contributed by atoms with E-state index in [0.29, 0.717) is 37.6 Å². The fraction of sp³-hybridized carbons (Fsp3) is 0.333. The van der Waals surface area contributed by atoms with Crippen LogP contribution in [0.2, 0.25) is 0 Å². The molecule has 8 heteroatoms. The van der Waals surface area contributed by atoms with Gasteiger partial charge in [-0.15, -0.1) is 0 Å². The van der Waals surface area contributed by atoms with Crippen molar-refractivity contribution in [3.8, 4) is 0 Å². The Morgan fingerprint density at radius 3 is 2.59 bits per heavy atom. The van der Waals surface area contributed by atoms with Gasteiger partial charge in [0.25, 0.3) is 5.91 Å². The Morgan fingerprint density at radius 1 is 1.07 bits per heavy atom. The minimum atomic E-state index is -4.40. The van der Waals surface area contributed by atoms with Gasteiger partial charge in [-0.05, 0) is 31.5 Å². The standard InChI is InChI=1S/C21H21F3N4O/c1-14-19(16-5-2-3-6-17(16)26-14)20(29)28-10-4-9-27(11-12-28)18-8-7-15(13-25-18)21(22,23)24/h2-3,5-8,13,26H,4,9-12H2,1H3. The van der Waals surface area contributed by atoms with Gasteiger partial charge < -0.3 is 14.8 Å². The highest BCUT2D eigenvalue weighted by atomic mass is 19.4. The molecular formula is C21H21F3N4O. The van der Waals surface area contributed by atoms with Crippen LogP contribution in [0.15, 0.2) is 42.6 Å². The Bertz CT molecular complexity index is 1030. The van der Waals surface area contributed by atoms with E-state index in [9.17, 15) is 18.0 Å². The monoisotopic (exact) mass is 402 g/mol. The topological polar surface area (TPSA) is 52.2 Å². The number of benzene rings is 1. The Hall–Kier alpha value is -3.03. The van der Waals surface area contributed by atoms with Gasteiger partial charge in [0.05, 0.1) is 11.1 Å². The molecular weight excluding hydrogens is 381 g/mol. The number of hydrogen-bond donors (Lipinski definition) is 1. The number of nitrogens with one attached hydrogen (secondary N) is 1. The molecule has 0 spiro atoms. The number of aromatic amines is 1. The van der Waals surface area contributed by atoms with Crippen molar-refractivity contribution in [2.45, 2.75) is 19.5 Å². The number of nitrogens with zero attached hydrogens (tertiary/aromatic N) is 3. The highest BCUT2D eigenvalue weighted by molar-refractivity contribution is 6.08. The third-order valence-corrected chi connectivity index (χ3v) is 5.29. The molecule has 3 heterocycles. The number of pyridine rings is 1. The van der Waals surface area contributed by atoms with Crippen molar-refractivity contribution in [1.82, 2.24) is 14.9 Å². The van der Waals surface area contributed by atoms with Crippen molar-refractivity contribution < 1.29 is 18.0 Å². The molecule has 29 heavy (non-hydrogen) atoms. The number of halogens is 3. The zero-order valence-electron chi connectivity index (χ0n) is 16.0. The molecule has 0 bridgehead atoms. The summed E-state index contributed by atoms with van der Waals surface area (Å²) in [6.45, 7) is 4.12. The molecule has 0 saturated carbocycles. The van der Waals surface area contributed by atoms with Crippen LogP contribution in [-0.2, 0) is 6.18 Å². The van der Waals surface area contributed by atoms with Gasteiger partial charge in [0.1, 0.15) is 5.82 Å². The second-order valence-electron chi connectivity index (χ2n) is 7.21. The van der Waals surface area contributed by atoms with Gasteiger partial charge in [-0.1, -0.05) is 18.2 Å². The molecule has 1 aliphatic rings. The first kappa shape index (κ1) is 19.3. The number of H-pyrrole nitrogens is 1. The third kappa shape index (κ3) is 3.79. The zero-order chi connectivity index (χ0) is 20.6. The number of hydrogen-bond acceptors (Lipinski definition) is 3. The van der Waals surface area contributed by atoms with Crippen molar-refractivity contribution in [1.29, 1.82) is 0 Å². The quantitative estimate of drug-likeness (QED) is 0.698. The van der Waals surface area contributed by atoms with Crippen LogP contribution in [0.25, 0.3) is 10.9 Å². The molecule has 0 radical (unpaired) electrons. The van der Waals surface area contributed by atoms with Gasteiger partial charge in [-0.25, -0.2) is 4.98 Å². The first-order valence-corrected chi connectivity index (χ1v) is 9.49. The van der Waals surface area contributed by atoms with E-state index < -0.39 is 11.7 Å². The Morgan fingerprint density at radius 2 is 1.86 bits per heavy atom. The molecule has 4 rings (SSSR count). The Kier molecular flexibility index (Phi) is 4.94. The van der Waals surface area contributed by atoms with Crippen LogP contribution in [0.5, 0.6) is 0 Å². The largest absolute Gasteiger partial charge is 0.417 e. The van der Waals surface area contributed by atoms with Crippen LogP contribution in [0.1, 0.15) is 28.0 Å². The fourth-order valence-corrected chi connectivity index (χ4v) is 3.80. The van der Waals surface area contributed by atoms with Crippen molar-refractivity contribution >= 4 is 22.6 Å². The summed E-state index contributed by atoms with van der Waals surface area (Å²) >= 11 is 0. The van der Waals surface area contributed by atoms with Crippen LogP contribution in [0.3, 0.4) is 0 Å². The predicted molar refractivity (Wildman–Crippen MR) is 105 cm³/mol. The zero-order valence-corrected chi connectivity index (χ0v) is 16.0. The predicted octanol–water partition coefficient (Wildman–Crippen LogP) is 4.24. The van der Waals surface area contributed by atoms with Crippen molar-refractivity contribution in [2.75, 3.05) is 31.1 Å². The molecule has 0 unspecified atom stereocenters. The molecule has 3 aromatic rings. The number of para-hydroxylation sites is 1. The second kappa shape index (κ2) is 7.42. The minimum Gasteiger partial charge on any atom is -0.358 e. The second-order valence-corrected chi connectivity index (χ2v) is 7.21. The van der Waals surface area contributed by atoms with Crippen LogP contribution >= 0.6 is 0 Å². The first-order chi connectivity index (χ1) is 13.8. The van der Waals surface area contributed by atoms with E-state index in [1.54, 1.807) is 0 Å². The lowest BCUT2D eigenvalue weighted by atomic mass is 10.1. The summed E-state index contributed by atoms with van der Waals surface area (Å²) in [7, 11) is 0. The van der Waals surface area contributed by atoms with E-state index in [1.165, 1.54) is 6.07 Å². The highest BCUT2D eigenvalue weighted by Crippen LogP contribution is 2.29. The molecule has 2 aromatic heterocycles. The summed E-state index contributed by atoms with van der Waals surface area (Å²) in [5, 5.41) is 0.903. The number of carbonyl (C=O) groups is 1. The van der Waals surface area contributed by atoms with Gasteiger partial charge in [-0.3, -0.25) is 4.79 Å². The lowest BCUT2D eigenvalue weighted by molar-refractivity contribution is -0.137. The maximum Gasteiger partial charge on any atom is 0.417 e. The number of aromatic nitrogens is 2. The maximum absolute atomic E-state index is 13.2. The minimum absolute atomic E-state index is 0.0258. The van der Waals surface area contributed by atoms with Gasteiger partial charge in [0.2, 0.25) is 0 Å². The van der Waals surface area contributed by atoms with E-state index in [0.717, 1.165) is 35.3 Å². The van der Waals surface area contributed by atoms with Crippen molar-refractivity contribution in [3.05, 3.63) is 59.4 Å². The Labute approximate surface area is 166 Å². The molecule has 1 aromatic carbocycles. The summed E-state index contributed by atoms with van der Waals surface area (Å²) in [5.74, 6) is 0.470. The average molecular weight is 402 g/mol. The molecule has 1 saturated heterocycles. The van der Waals surface area contributed by atoms with Gasteiger partial charge in [-0.2, -0.15) is 13.2 Å². The lowest BCUT2D eigenvalue weighted by Crippen LogP contribution is -2.35. The van der Waals surface area contributed by atoms with Crippen molar-refractivity contribution in [3.63, 3.8) is 0 Å². The van der Waals surface area contributed by atoms with Crippen LogP contribution in [0, 0.1) is 6.92 Å². The SMILES string of the molecule is Cc1[nH]c2ccccc2c1C(=O)N1CCCN(c2ccc(C(F)(F)F)cn2)CC1. The molecule has 1 aliphatic heterocycles. The third-order valence-electron chi connectivity index (χ3n) is 5.29. The molecule has 152 valence electrons. The fourth-order valence-electron chi connectivity index (χ4n) is 3.80. The summed E-state index contributed by atoms with van der Waals surface area (Å²) < 4.78 is 38.2. The average Bonchev–Trinajstić information content (AvgIpc) is 2.86.